The van der Waals surface area contributed by atoms with E-state index < -0.39 is 10.0 Å². The highest BCUT2D eigenvalue weighted by Gasteiger charge is 2.16. The first kappa shape index (κ1) is 21.0. The molecule has 8 heteroatoms. The van der Waals surface area contributed by atoms with Crippen LogP contribution in [0.2, 0.25) is 0 Å². The van der Waals surface area contributed by atoms with Gasteiger partial charge >= 0.3 is 0 Å². The Balaban J connectivity index is 2.01. The Morgan fingerprint density at radius 2 is 1.74 bits per heavy atom. The van der Waals surface area contributed by atoms with Crippen molar-refractivity contribution in [3.05, 3.63) is 59.7 Å². The zero-order valence-electron chi connectivity index (χ0n) is 15.4. The minimum atomic E-state index is -3.56. The number of carbonyl (C=O) groups excluding carboxylic acids is 1. The maximum absolute atomic E-state index is 12.3. The van der Waals surface area contributed by atoms with Crippen molar-refractivity contribution >= 4 is 38.9 Å². The Hall–Kier alpha value is -2.29. The van der Waals surface area contributed by atoms with E-state index >= 15 is 0 Å². The van der Waals surface area contributed by atoms with Crippen molar-refractivity contribution in [2.75, 3.05) is 5.32 Å². The maximum Gasteiger partial charge on any atom is 0.257 e. The van der Waals surface area contributed by atoms with Gasteiger partial charge in [0.25, 0.3) is 5.91 Å². The molecule has 0 spiro atoms. The van der Waals surface area contributed by atoms with Gasteiger partial charge in [0.05, 0.1) is 4.90 Å². The molecular formula is C19H23N3O3S2. The number of hydrogen-bond donors (Lipinski definition) is 3. The highest BCUT2D eigenvalue weighted by molar-refractivity contribution is 7.89. The van der Waals surface area contributed by atoms with Gasteiger partial charge in [-0.2, -0.15) is 0 Å². The fraction of sp³-hybridized carbons (Fsp3) is 0.263. The predicted molar refractivity (Wildman–Crippen MR) is 111 cm³/mol. The molecule has 0 bridgehead atoms. The minimum Gasteiger partial charge on any atom is -0.332 e. The third-order valence-corrected chi connectivity index (χ3v) is 5.82. The molecule has 0 aliphatic rings. The lowest BCUT2D eigenvalue weighted by Gasteiger charge is -2.13. The normalized spacial score (nSPS) is 12.3. The smallest absolute Gasteiger partial charge is 0.257 e. The number of thiocarbonyl (C=S) groups is 1. The average Bonchev–Trinajstić information content (AvgIpc) is 2.61. The summed E-state index contributed by atoms with van der Waals surface area (Å²) in [4.78, 5) is 12.4. The van der Waals surface area contributed by atoms with Gasteiger partial charge in [0.2, 0.25) is 10.0 Å². The molecule has 2 aromatic carbocycles. The fourth-order valence-electron chi connectivity index (χ4n) is 2.29. The van der Waals surface area contributed by atoms with Crippen LogP contribution in [0.5, 0.6) is 0 Å². The number of hydrogen-bond acceptors (Lipinski definition) is 4. The largest absolute Gasteiger partial charge is 0.332 e. The maximum atomic E-state index is 12.3. The van der Waals surface area contributed by atoms with Gasteiger partial charge in [0.1, 0.15) is 0 Å². The van der Waals surface area contributed by atoms with E-state index in [0.717, 1.165) is 5.56 Å². The van der Waals surface area contributed by atoms with Crippen molar-refractivity contribution in [2.45, 2.75) is 38.1 Å². The number of rotatable bonds is 6. The first-order valence-corrected chi connectivity index (χ1v) is 10.4. The summed E-state index contributed by atoms with van der Waals surface area (Å²) in [5.41, 5.74) is 1.97. The summed E-state index contributed by atoms with van der Waals surface area (Å²) in [7, 11) is -3.56. The van der Waals surface area contributed by atoms with E-state index in [4.69, 9.17) is 12.2 Å². The van der Waals surface area contributed by atoms with E-state index in [1.54, 1.807) is 24.3 Å². The molecule has 1 amide bonds. The van der Waals surface area contributed by atoms with Crippen molar-refractivity contribution in [3.8, 4) is 0 Å². The third-order valence-electron chi connectivity index (χ3n) is 4.01. The SMILES string of the molecule is CCC(C)NS(=O)(=O)c1ccc(NC(=S)NC(=O)c2ccccc2C)cc1. The number of anilines is 1. The summed E-state index contributed by atoms with van der Waals surface area (Å²) in [6.45, 7) is 5.56. The second-order valence-electron chi connectivity index (χ2n) is 6.18. The van der Waals surface area contributed by atoms with E-state index in [2.05, 4.69) is 15.4 Å². The summed E-state index contributed by atoms with van der Waals surface area (Å²) < 4.78 is 27.1. The van der Waals surface area contributed by atoms with E-state index in [1.807, 2.05) is 32.9 Å². The van der Waals surface area contributed by atoms with Crippen LogP contribution in [-0.2, 0) is 10.0 Å². The number of sulfonamides is 1. The molecule has 0 aromatic heterocycles. The Morgan fingerprint density at radius 3 is 2.33 bits per heavy atom. The molecule has 1 unspecified atom stereocenters. The topological polar surface area (TPSA) is 87.3 Å². The lowest BCUT2D eigenvalue weighted by molar-refractivity contribution is 0.0977. The van der Waals surface area contributed by atoms with Crippen LogP contribution in [0, 0.1) is 6.92 Å². The van der Waals surface area contributed by atoms with Crippen LogP contribution in [-0.4, -0.2) is 25.5 Å². The van der Waals surface area contributed by atoms with Gasteiger partial charge in [-0.3, -0.25) is 10.1 Å². The third kappa shape index (κ3) is 5.85. The molecule has 3 N–H and O–H groups in total. The molecule has 2 aromatic rings. The second kappa shape index (κ2) is 9.07. The molecule has 2 rings (SSSR count). The summed E-state index contributed by atoms with van der Waals surface area (Å²) in [6.07, 6.45) is 0.702. The van der Waals surface area contributed by atoms with E-state index in [0.29, 0.717) is 17.7 Å². The highest BCUT2D eigenvalue weighted by Crippen LogP contribution is 2.15. The van der Waals surface area contributed by atoms with Gasteiger partial charge in [-0.05, 0) is 68.4 Å². The quantitative estimate of drug-likeness (QED) is 0.643. The molecule has 27 heavy (non-hydrogen) atoms. The lowest BCUT2D eigenvalue weighted by atomic mass is 10.1. The highest BCUT2D eigenvalue weighted by atomic mass is 32.2. The van der Waals surface area contributed by atoms with Crippen molar-refractivity contribution in [3.63, 3.8) is 0 Å². The Kier molecular flexibility index (Phi) is 7.06. The van der Waals surface area contributed by atoms with Crippen molar-refractivity contribution in [1.29, 1.82) is 0 Å². The van der Waals surface area contributed by atoms with Gasteiger partial charge in [-0.15, -0.1) is 0 Å². The van der Waals surface area contributed by atoms with Crippen LogP contribution in [0.15, 0.2) is 53.4 Å². The fourth-order valence-corrected chi connectivity index (χ4v) is 3.83. The van der Waals surface area contributed by atoms with Crippen molar-refractivity contribution in [1.82, 2.24) is 10.0 Å². The van der Waals surface area contributed by atoms with Crippen LogP contribution >= 0.6 is 12.2 Å². The van der Waals surface area contributed by atoms with E-state index in [-0.39, 0.29) is 22.0 Å². The van der Waals surface area contributed by atoms with Crippen LogP contribution in [0.3, 0.4) is 0 Å². The van der Waals surface area contributed by atoms with Gasteiger partial charge in [-0.25, -0.2) is 13.1 Å². The van der Waals surface area contributed by atoms with E-state index in [9.17, 15) is 13.2 Å². The Morgan fingerprint density at radius 1 is 1.11 bits per heavy atom. The van der Waals surface area contributed by atoms with Crippen molar-refractivity contribution in [2.24, 2.45) is 0 Å². The Labute approximate surface area is 165 Å². The summed E-state index contributed by atoms with van der Waals surface area (Å²) in [5.74, 6) is -0.303. The van der Waals surface area contributed by atoms with Crippen LogP contribution < -0.4 is 15.4 Å². The number of nitrogens with one attached hydrogen (secondary N) is 3. The van der Waals surface area contributed by atoms with Gasteiger partial charge < -0.3 is 5.32 Å². The van der Waals surface area contributed by atoms with Crippen LogP contribution in [0.25, 0.3) is 0 Å². The average molecular weight is 406 g/mol. The molecule has 0 saturated heterocycles. The van der Waals surface area contributed by atoms with Gasteiger partial charge in [0.15, 0.2) is 5.11 Å². The predicted octanol–water partition coefficient (Wildman–Crippen LogP) is 3.20. The molecule has 144 valence electrons. The lowest BCUT2D eigenvalue weighted by Crippen LogP contribution is -2.34. The number of amides is 1. The van der Waals surface area contributed by atoms with Crippen molar-refractivity contribution < 1.29 is 13.2 Å². The molecule has 0 saturated carbocycles. The zero-order valence-corrected chi connectivity index (χ0v) is 17.1. The summed E-state index contributed by atoms with van der Waals surface area (Å²) >= 11 is 5.16. The standard InChI is InChI=1S/C19H23N3O3S2/c1-4-14(3)22-27(24,25)16-11-9-15(10-12-16)20-19(26)21-18(23)17-8-6-5-7-13(17)2/h5-12,14,22H,4H2,1-3H3,(H2,20,21,23,26). The van der Waals surface area contributed by atoms with Gasteiger partial charge in [-0.1, -0.05) is 25.1 Å². The molecule has 0 fully saturated rings. The molecule has 0 heterocycles. The first-order chi connectivity index (χ1) is 12.7. The molecule has 1 atom stereocenters. The molecular weight excluding hydrogens is 382 g/mol. The summed E-state index contributed by atoms with van der Waals surface area (Å²) in [5, 5.41) is 5.63. The van der Waals surface area contributed by atoms with Crippen LogP contribution in [0.4, 0.5) is 5.69 Å². The number of benzene rings is 2. The van der Waals surface area contributed by atoms with E-state index in [1.165, 1.54) is 12.1 Å². The minimum absolute atomic E-state index is 0.136. The number of carbonyl (C=O) groups is 1. The summed E-state index contributed by atoms with van der Waals surface area (Å²) in [6, 6.07) is 13.2. The first-order valence-electron chi connectivity index (χ1n) is 8.53. The molecule has 0 radical (unpaired) electrons. The molecule has 0 aliphatic carbocycles. The molecule has 6 nitrogen and oxygen atoms in total. The van der Waals surface area contributed by atoms with Crippen LogP contribution in [0.1, 0.15) is 36.2 Å². The van der Waals surface area contributed by atoms with Gasteiger partial charge in [0, 0.05) is 17.3 Å². The second-order valence-corrected chi connectivity index (χ2v) is 8.30. The number of aryl methyl sites for hydroxylation is 1. The molecule has 0 aliphatic heterocycles. The monoisotopic (exact) mass is 405 g/mol. The Bertz CT molecular complexity index is 925. The zero-order chi connectivity index (χ0) is 20.0.